The maximum absolute atomic E-state index is 6.71. The molecule has 2 N–H and O–H groups in total. The minimum Gasteiger partial charge on any atom is -0.325 e. The van der Waals surface area contributed by atoms with Crippen LogP contribution in [0.5, 0.6) is 0 Å². The fourth-order valence-electron chi connectivity index (χ4n) is 4.51. The third-order valence-corrected chi connectivity index (χ3v) is 6.34. The van der Waals surface area contributed by atoms with Crippen LogP contribution >= 0.6 is 0 Å². The number of hydrogen-bond acceptors (Lipinski definition) is 2. The maximum atomic E-state index is 6.71. The third kappa shape index (κ3) is 5.43. The molecule has 0 spiro atoms. The summed E-state index contributed by atoms with van der Waals surface area (Å²) in [7, 11) is 0. The van der Waals surface area contributed by atoms with Crippen molar-refractivity contribution in [3.05, 3.63) is 60.2 Å². The summed E-state index contributed by atoms with van der Waals surface area (Å²) >= 11 is 0. The van der Waals surface area contributed by atoms with Gasteiger partial charge in [0.1, 0.15) is 0 Å². The lowest BCUT2D eigenvalue weighted by Crippen LogP contribution is -2.49. The van der Waals surface area contributed by atoms with Crippen molar-refractivity contribution >= 4 is 0 Å². The summed E-state index contributed by atoms with van der Waals surface area (Å²) in [6, 6.07) is 19.6. The predicted octanol–water partition coefficient (Wildman–Crippen LogP) is 5.86. The van der Waals surface area contributed by atoms with E-state index in [1.54, 1.807) is 0 Å². The quantitative estimate of drug-likeness (QED) is 0.594. The van der Waals surface area contributed by atoms with Gasteiger partial charge >= 0.3 is 0 Å². The van der Waals surface area contributed by atoms with Crippen LogP contribution in [-0.4, -0.2) is 23.5 Å². The second-order valence-electron chi connectivity index (χ2n) is 8.54. The molecule has 1 heterocycles. The standard InChI is InChI=1S/C25H36N2/c1-3-4-10-17-25(2,26)23-15-18-27(19-16-23)20-22-13-8-9-14-24(22)21-11-6-5-7-12-21/h5-9,11-14,23H,3-4,10,15-20,26H2,1-2H3. The van der Waals surface area contributed by atoms with Gasteiger partial charge in [-0.2, -0.15) is 0 Å². The summed E-state index contributed by atoms with van der Waals surface area (Å²) in [4.78, 5) is 2.61. The van der Waals surface area contributed by atoms with Crippen LogP contribution in [0.3, 0.4) is 0 Å². The average Bonchev–Trinajstić information content (AvgIpc) is 2.70. The average molecular weight is 365 g/mol. The van der Waals surface area contributed by atoms with E-state index in [1.807, 2.05) is 0 Å². The molecule has 27 heavy (non-hydrogen) atoms. The predicted molar refractivity (Wildman–Crippen MR) is 117 cm³/mol. The maximum Gasteiger partial charge on any atom is 0.0239 e. The Kier molecular flexibility index (Phi) is 7.09. The molecular formula is C25H36N2. The van der Waals surface area contributed by atoms with Gasteiger partial charge in [-0.05, 0) is 61.9 Å². The summed E-state index contributed by atoms with van der Waals surface area (Å²) in [5.41, 5.74) is 10.8. The van der Waals surface area contributed by atoms with Gasteiger partial charge in [-0.3, -0.25) is 4.90 Å². The zero-order chi connectivity index (χ0) is 19.1. The van der Waals surface area contributed by atoms with Gasteiger partial charge in [-0.25, -0.2) is 0 Å². The van der Waals surface area contributed by atoms with E-state index in [1.165, 1.54) is 55.2 Å². The van der Waals surface area contributed by atoms with Crippen molar-refractivity contribution in [3.8, 4) is 11.1 Å². The Balaban J connectivity index is 1.59. The van der Waals surface area contributed by atoms with Crippen molar-refractivity contribution in [3.63, 3.8) is 0 Å². The van der Waals surface area contributed by atoms with E-state index in [-0.39, 0.29) is 5.54 Å². The minimum absolute atomic E-state index is 0.00318. The van der Waals surface area contributed by atoms with Gasteiger partial charge in [0, 0.05) is 12.1 Å². The van der Waals surface area contributed by atoms with Crippen LogP contribution in [0.15, 0.2) is 54.6 Å². The van der Waals surface area contributed by atoms with Gasteiger partial charge in [-0.15, -0.1) is 0 Å². The molecule has 1 saturated heterocycles. The zero-order valence-corrected chi connectivity index (χ0v) is 17.2. The van der Waals surface area contributed by atoms with E-state index in [4.69, 9.17) is 5.73 Å². The topological polar surface area (TPSA) is 29.3 Å². The number of piperidine rings is 1. The SMILES string of the molecule is CCCCCC(C)(N)C1CCN(Cc2ccccc2-c2ccccc2)CC1. The normalized spacial score (nSPS) is 18.3. The smallest absolute Gasteiger partial charge is 0.0239 e. The lowest BCUT2D eigenvalue weighted by Gasteiger charge is -2.41. The largest absolute Gasteiger partial charge is 0.325 e. The van der Waals surface area contributed by atoms with Crippen LogP contribution in [0.2, 0.25) is 0 Å². The van der Waals surface area contributed by atoms with Crippen LogP contribution in [0.25, 0.3) is 11.1 Å². The summed E-state index contributed by atoms with van der Waals surface area (Å²) in [5.74, 6) is 0.662. The van der Waals surface area contributed by atoms with Crippen molar-refractivity contribution in [1.82, 2.24) is 4.90 Å². The molecule has 1 aliphatic heterocycles. The summed E-state index contributed by atoms with van der Waals surface area (Å²) in [6.07, 6.45) is 7.48. The fourth-order valence-corrected chi connectivity index (χ4v) is 4.51. The zero-order valence-electron chi connectivity index (χ0n) is 17.2. The Labute approximate surface area is 165 Å². The molecule has 0 saturated carbocycles. The van der Waals surface area contributed by atoms with Crippen LogP contribution in [0.1, 0.15) is 57.9 Å². The first kappa shape index (κ1) is 20.1. The summed E-state index contributed by atoms with van der Waals surface area (Å²) in [6.45, 7) is 7.91. The van der Waals surface area contributed by atoms with Gasteiger partial charge in [0.05, 0.1) is 0 Å². The number of nitrogens with zero attached hydrogens (tertiary/aromatic N) is 1. The van der Waals surface area contributed by atoms with E-state index in [0.717, 1.165) is 19.6 Å². The number of hydrogen-bond donors (Lipinski definition) is 1. The van der Waals surface area contributed by atoms with Crippen LogP contribution in [0.4, 0.5) is 0 Å². The third-order valence-electron chi connectivity index (χ3n) is 6.34. The second kappa shape index (κ2) is 9.52. The van der Waals surface area contributed by atoms with E-state index in [9.17, 15) is 0 Å². The summed E-state index contributed by atoms with van der Waals surface area (Å²) < 4.78 is 0. The molecule has 146 valence electrons. The molecule has 0 aliphatic carbocycles. The van der Waals surface area contributed by atoms with E-state index >= 15 is 0 Å². The van der Waals surface area contributed by atoms with Gasteiger partial charge in [0.25, 0.3) is 0 Å². The highest BCUT2D eigenvalue weighted by Crippen LogP contribution is 2.32. The van der Waals surface area contributed by atoms with Crippen molar-refractivity contribution < 1.29 is 0 Å². The van der Waals surface area contributed by atoms with Crippen LogP contribution < -0.4 is 5.73 Å². The lowest BCUT2D eigenvalue weighted by atomic mass is 9.76. The lowest BCUT2D eigenvalue weighted by molar-refractivity contribution is 0.125. The van der Waals surface area contributed by atoms with Gasteiger partial charge < -0.3 is 5.73 Å². The van der Waals surface area contributed by atoms with Gasteiger partial charge in [0.2, 0.25) is 0 Å². The Hall–Kier alpha value is -1.64. The van der Waals surface area contributed by atoms with E-state index in [0.29, 0.717) is 5.92 Å². The second-order valence-corrected chi connectivity index (χ2v) is 8.54. The molecule has 2 heteroatoms. The molecule has 1 fully saturated rings. The van der Waals surface area contributed by atoms with Crippen molar-refractivity contribution in [2.45, 2.75) is 64.5 Å². The molecular weight excluding hydrogens is 328 g/mol. The molecule has 0 amide bonds. The molecule has 1 unspecified atom stereocenters. The number of benzene rings is 2. The Morgan fingerprint density at radius 1 is 0.963 bits per heavy atom. The molecule has 1 aliphatic rings. The molecule has 2 nitrogen and oxygen atoms in total. The Morgan fingerprint density at radius 3 is 2.33 bits per heavy atom. The fraction of sp³-hybridized carbons (Fsp3) is 0.520. The molecule has 0 bridgehead atoms. The highest BCUT2D eigenvalue weighted by atomic mass is 15.1. The number of rotatable bonds is 8. The highest BCUT2D eigenvalue weighted by Gasteiger charge is 2.32. The number of unbranched alkanes of at least 4 members (excludes halogenated alkanes) is 2. The van der Waals surface area contributed by atoms with E-state index < -0.39 is 0 Å². The van der Waals surface area contributed by atoms with Crippen molar-refractivity contribution in [2.75, 3.05) is 13.1 Å². The van der Waals surface area contributed by atoms with Crippen LogP contribution in [0, 0.1) is 5.92 Å². The van der Waals surface area contributed by atoms with Crippen LogP contribution in [-0.2, 0) is 6.54 Å². The first-order chi connectivity index (χ1) is 13.1. The summed E-state index contributed by atoms with van der Waals surface area (Å²) in [5, 5.41) is 0. The monoisotopic (exact) mass is 364 g/mol. The Morgan fingerprint density at radius 2 is 1.63 bits per heavy atom. The molecule has 1 atom stereocenters. The van der Waals surface area contributed by atoms with Gasteiger partial charge in [0.15, 0.2) is 0 Å². The van der Waals surface area contributed by atoms with Crippen molar-refractivity contribution in [2.24, 2.45) is 11.7 Å². The molecule has 2 aromatic rings. The van der Waals surface area contributed by atoms with Crippen molar-refractivity contribution in [1.29, 1.82) is 0 Å². The minimum atomic E-state index is 0.00318. The number of nitrogens with two attached hydrogens (primary N) is 1. The van der Waals surface area contributed by atoms with E-state index in [2.05, 4.69) is 73.3 Å². The molecule has 3 rings (SSSR count). The first-order valence-electron chi connectivity index (χ1n) is 10.7. The molecule has 2 aromatic carbocycles. The first-order valence-corrected chi connectivity index (χ1v) is 10.7. The molecule has 0 aromatic heterocycles. The number of likely N-dealkylation sites (tertiary alicyclic amines) is 1. The Bertz CT molecular complexity index is 684. The molecule has 0 radical (unpaired) electrons. The highest BCUT2D eigenvalue weighted by molar-refractivity contribution is 5.67. The van der Waals surface area contributed by atoms with Gasteiger partial charge in [-0.1, -0.05) is 80.8 Å².